The number of nitrogens with two attached hydrogens (primary N) is 1. The van der Waals surface area contributed by atoms with Gasteiger partial charge in [-0.05, 0) is 49.5 Å². The fraction of sp³-hybridized carbons (Fsp3) is 0.611. The molecule has 5 heterocycles. The largest absolute Gasteiger partial charge is 0.454 e. The fourth-order valence-corrected chi connectivity index (χ4v) is 5.26. The molecule has 2 bridgehead atoms. The van der Waals surface area contributed by atoms with Crippen molar-refractivity contribution < 1.29 is 14.3 Å². The van der Waals surface area contributed by atoms with Crippen LogP contribution in [0.4, 0.5) is 0 Å². The molecule has 1 aromatic carbocycles. The SMILES string of the molecule is Cl.Cl.NCC(=O)N1C[C@H](c2ccc3c(c2)OCO3)[C@@H]2[C@H]1C1CCN2CC1. The summed E-state index contributed by atoms with van der Waals surface area (Å²) in [4.78, 5) is 17.1. The van der Waals surface area contributed by atoms with E-state index in [2.05, 4.69) is 21.9 Å². The van der Waals surface area contributed by atoms with Crippen LogP contribution in [0.2, 0.25) is 0 Å². The molecule has 0 aliphatic carbocycles. The van der Waals surface area contributed by atoms with E-state index in [1.54, 1.807) is 0 Å². The molecule has 26 heavy (non-hydrogen) atoms. The van der Waals surface area contributed by atoms with E-state index in [0.29, 0.717) is 30.7 Å². The lowest BCUT2D eigenvalue weighted by atomic mass is 9.75. The summed E-state index contributed by atoms with van der Waals surface area (Å²) in [5, 5.41) is 0. The van der Waals surface area contributed by atoms with Gasteiger partial charge >= 0.3 is 0 Å². The molecule has 1 aromatic rings. The zero-order chi connectivity index (χ0) is 16.3. The smallest absolute Gasteiger partial charge is 0.236 e. The molecule has 4 saturated heterocycles. The highest BCUT2D eigenvalue weighted by Crippen LogP contribution is 2.47. The predicted molar refractivity (Wildman–Crippen MR) is 102 cm³/mol. The van der Waals surface area contributed by atoms with E-state index in [1.165, 1.54) is 18.4 Å². The highest BCUT2D eigenvalue weighted by atomic mass is 35.5. The summed E-state index contributed by atoms with van der Waals surface area (Å²) in [7, 11) is 0. The maximum absolute atomic E-state index is 12.4. The average Bonchev–Trinajstić information content (AvgIpc) is 3.27. The number of benzene rings is 1. The lowest BCUT2D eigenvalue weighted by Gasteiger charge is -2.51. The summed E-state index contributed by atoms with van der Waals surface area (Å²) in [6.07, 6.45) is 2.40. The number of fused-ring (bicyclic) bond motifs is 3. The van der Waals surface area contributed by atoms with Crippen molar-refractivity contribution in [1.29, 1.82) is 0 Å². The zero-order valence-electron chi connectivity index (χ0n) is 14.5. The average molecular weight is 402 g/mol. The number of hydrogen-bond acceptors (Lipinski definition) is 5. The Labute approximate surface area is 165 Å². The Hall–Kier alpha value is -1.21. The van der Waals surface area contributed by atoms with Gasteiger partial charge in [-0.1, -0.05) is 6.07 Å². The summed E-state index contributed by atoms with van der Waals surface area (Å²) in [6, 6.07) is 6.96. The van der Waals surface area contributed by atoms with Crippen LogP contribution in [0, 0.1) is 5.92 Å². The van der Waals surface area contributed by atoms with E-state index in [1.807, 2.05) is 6.07 Å². The van der Waals surface area contributed by atoms with E-state index < -0.39 is 0 Å². The van der Waals surface area contributed by atoms with Crippen molar-refractivity contribution in [3.8, 4) is 11.5 Å². The highest BCUT2D eigenvalue weighted by molar-refractivity contribution is 5.85. The number of carbonyl (C=O) groups excluding carboxylic acids is 1. The van der Waals surface area contributed by atoms with Gasteiger partial charge in [0.2, 0.25) is 12.7 Å². The number of amides is 1. The third-order valence-electron chi connectivity index (χ3n) is 6.31. The van der Waals surface area contributed by atoms with Gasteiger partial charge in [-0.2, -0.15) is 0 Å². The second-order valence-electron chi connectivity index (χ2n) is 7.32. The summed E-state index contributed by atoms with van der Waals surface area (Å²) in [5.41, 5.74) is 6.93. The first-order valence-corrected chi connectivity index (χ1v) is 8.89. The molecule has 1 amide bonds. The predicted octanol–water partition coefficient (Wildman–Crippen LogP) is 1.61. The molecule has 5 aliphatic rings. The van der Waals surface area contributed by atoms with Crippen molar-refractivity contribution in [3.63, 3.8) is 0 Å². The summed E-state index contributed by atoms with van der Waals surface area (Å²) < 4.78 is 11.0. The number of piperidine rings is 3. The molecule has 3 atom stereocenters. The topological polar surface area (TPSA) is 68.0 Å². The van der Waals surface area contributed by atoms with Gasteiger partial charge in [0.1, 0.15) is 0 Å². The van der Waals surface area contributed by atoms with Crippen LogP contribution in [0.3, 0.4) is 0 Å². The minimum Gasteiger partial charge on any atom is -0.454 e. The molecule has 0 radical (unpaired) electrons. The summed E-state index contributed by atoms with van der Waals surface area (Å²) >= 11 is 0. The van der Waals surface area contributed by atoms with Gasteiger partial charge in [-0.3, -0.25) is 9.69 Å². The van der Waals surface area contributed by atoms with Crippen molar-refractivity contribution in [2.45, 2.75) is 30.8 Å². The van der Waals surface area contributed by atoms with Gasteiger partial charge in [0.15, 0.2) is 11.5 Å². The third kappa shape index (κ3) is 2.83. The Kier molecular flexibility index (Phi) is 5.58. The molecule has 6 rings (SSSR count). The molecule has 5 aliphatic heterocycles. The lowest BCUT2D eigenvalue weighted by Crippen LogP contribution is -2.61. The molecule has 0 aromatic heterocycles. The summed E-state index contributed by atoms with van der Waals surface area (Å²) in [6.45, 7) is 3.46. The zero-order valence-corrected chi connectivity index (χ0v) is 16.1. The standard InChI is InChI=1S/C18H23N3O3.2ClH/c19-8-16(22)21-9-13(12-1-2-14-15(7-12)24-10-23-14)18-17(21)11-3-5-20(18)6-4-11;;/h1-2,7,11,13,17-18H,3-6,8-10,19H2;2*1H/t13-,17-,18-;;/m1../s1. The molecule has 0 saturated carbocycles. The van der Waals surface area contributed by atoms with Crippen molar-refractivity contribution in [2.24, 2.45) is 11.7 Å². The van der Waals surface area contributed by atoms with Crippen LogP contribution >= 0.6 is 24.8 Å². The Bertz CT molecular complexity index is 682. The van der Waals surface area contributed by atoms with Crippen LogP contribution in [0.25, 0.3) is 0 Å². The van der Waals surface area contributed by atoms with Crippen molar-refractivity contribution in [2.75, 3.05) is 33.0 Å². The quantitative estimate of drug-likeness (QED) is 0.814. The molecule has 8 heteroatoms. The van der Waals surface area contributed by atoms with E-state index in [4.69, 9.17) is 15.2 Å². The Morgan fingerprint density at radius 1 is 1.12 bits per heavy atom. The van der Waals surface area contributed by atoms with Gasteiger partial charge in [-0.25, -0.2) is 0 Å². The maximum Gasteiger partial charge on any atom is 0.236 e. The number of halogens is 2. The van der Waals surface area contributed by atoms with Crippen LogP contribution < -0.4 is 15.2 Å². The van der Waals surface area contributed by atoms with Crippen molar-refractivity contribution in [3.05, 3.63) is 23.8 Å². The molecular formula is C18H25Cl2N3O3. The second-order valence-corrected chi connectivity index (χ2v) is 7.32. The molecule has 4 fully saturated rings. The van der Waals surface area contributed by atoms with Crippen LogP contribution in [0.1, 0.15) is 24.3 Å². The van der Waals surface area contributed by atoms with Crippen LogP contribution in [0.5, 0.6) is 11.5 Å². The number of hydrogen-bond donors (Lipinski definition) is 1. The van der Waals surface area contributed by atoms with Gasteiger partial charge in [0, 0.05) is 18.5 Å². The van der Waals surface area contributed by atoms with Gasteiger partial charge < -0.3 is 20.1 Å². The monoisotopic (exact) mass is 401 g/mol. The van der Waals surface area contributed by atoms with Crippen LogP contribution in [-0.4, -0.2) is 60.8 Å². The first-order valence-electron chi connectivity index (χ1n) is 8.89. The second kappa shape index (κ2) is 7.43. The first-order chi connectivity index (χ1) is 11.8. The van der Waals surface area contributed by atoms with Gasteiger partial charge in [0.25, 0.3) is 0 Å². The number of carbonyl (C=O) groups is 1. The Morgan fingerprint density at radius 2 is 1.85 bits per heavy atom. The highest BCUT2D eigenvalue weighted by Gasteiger charge is 2.54. The fourth-order valence-electron chi connectivity index (χ4n) is 5.26. The van der Waals surface area contributed by atoms with E-state index in [-0.39, 0.29) is 37.3 Å². The number of rotatable bonds is 2. The van der Waals surface area contributed by atoms with Crippen molar-refractivity contribution >= 4 is 30.7 Å². The van der Waals surface area contributed by atoms with Crippen LogP contribution in [-0.2, 0) is 4.79 Å². The van der Waals surface area contributed by atoms with E-state index in [9.17, 15) is 4.79 Å². The van der Waals surface area contributed by atoms with Crippen LogP contribution in [0.15, 0.2) is 18.2 Å². The minimum absolute atomic E-state index is 0. The minimum atomic E-state index is 0. The molecule has 0 spiro atoms. The Balaban J connectivity index is 0.000000980. The molecule has 144 valence electrons. The molecule has 6 nitrogen and oxygen atoms in total. The maximum atomic E-state index is 12.4. The third-order valence-corrected chi connectivity index (χ3v) is 6.31. The number of nitrogens with zero attached hydrogens (tertiary/aromatic N) is 2. The van der Waals surface area contributed by atoms with Crippen molar-refractivity contribution in [1.82, 2.24) is 9.80 Å². The first kappa shape index (κ1) is 19.5. The Morgan fingerprint density at radius 3 is 2.58 bits per heavy atom. The van der Waals surface area contributed by atoms with Gasteiger partial charge in [-0.15, -0.1) is 24.8 Å². The van der Waals surface area contributed by atoms with Gasteiger partial charge in [0.05, 0.1) is 12.6 Å². The van der Waals surface area contributed by atoms with E-state index in [0.717, 1.165) is 31.1 Å². The number of likely N-dealkylation sites (tertiary alicyclic amines) is 1. The molecular weight excluding hydrogens is 377 g/mol. The van der Waals surface area contributed by atoms with E-state index >= 15 is 0 Å². The number of ether oxygens (including phenoxy) is 2. The lowest BCUT2D eigenvalue weighted by molar-refractivity contribution is -0.134. The molecule has 0 unspecified atom stereocenters. The summed E-state index contributed by atoms with van der Waals surface area (Å²) in [5.74, 6) is 2.66. The normalized spacial score (nSPS) is 33.3. The molecule has 2 N–H and O–H groups in total.